The first-order valence-electron chi connectivity index (χ1n) is 16.1. The highest BCUT2D eigenvalue weighted by atomic mass is 35.5. The number of hydrogen-bond acceptors (Lipinski definition) is 7. The lowest BCUT2D eigenvalue weighted by atomic mass is 10.1. The summed E-state index contributed by atoms with van der Waals surface area (Å²) in [6, 6.07) is 34.8. The summed E-state index contributed by atoms with van der Waals surface area (Å²) >= 11 is 12.5. The van der Waals surface area contributed by atoms with Gasteiger partial charge in [0.15, 0.2) is 11.5 Å². The topological polar surface area (TPSA) is 155 Å². The van der Waals surface area contributed by atoms with Gasteiger partial charge in [0.1, 0.15) is 5.56 Å². The fourth-order valence-electron chi connectivity index (χ4n) is 6.13. The number of nitrogens with zero attached hydrogens (tertiary/aromatic N) is 5. The SMILES string of the molecule is NCc1cc2cccc(Cl)c2c(=O)n1-c1ccccc1.Nc1nn2cccnc2c1C(=O)NCc1cc2cccc(Cl)c2c(=O)n1-c1ccccc1. The molecule has 11 nitrogen and oxygen atoms in total. The number of benzene rings is 4. The summed E-state index contributed by atoms with van der Waals surface area (Å²) in [6.45, 7) is 0.363. The van der Waals surface area contributed by atoms with Gasteiger partial charge in [0.05, 0.1) is 27.4 Å². The molecule has 0 aliphatic rings. The number of hydrogen-bond donors (Lipinski definition) is 3. The van der Waals surface area contributed by atoms with Gasteiger partial charge in [-0.15, -0.1) is 5.10 Å². The number of rotatable bonds is 6. The van der Waals surface area contributed by atoms with Crippen molar-refractivity contribution >= 4 is 62.1 Å². The minimum atomic E-state index is -0.436. The summed E-state index contributed by atoms with van der Waals surface area (Å²) in [5, 5.41) is 10.2. The Labute approximate surface area is 306 Å². The molecule has 0 bridgehead atoms. The van der Waals surface area contributed by atoms with Crippen LogP contribution in [0.15, 0.2) is 137 Å². The van der Waals surface area contributed by atoms with Crippen LogP contribution in [0.5, 0.6) is 0 Å². The van der Waals surface area contributed by atoms with Crippen molar-refractivity contribution in [3.8, 4) is 11.4 Å². The molecule has 0 saturated heterocycles. The van der Waals surface area contributed by atoms with E-state index in [1.54, 1.807) is 45.8 Å². The Kier molecular flexibility index (Phi) is 9.55. The summed E-state index contributed by atoms with van der Waals surface area (Å²) in [6.07, 6.45) is 3.23. The van der Waals surface area contributed by atoms with Gasteiger partial charge < -0.3 is 16.8 Å². The number of anilines is 1. The number of carbonyl (C=O) groups is 1. The zero-order valence-corrected chi connectivity index (χ0v) is 28.9. The molecular formula is C39H30Cl2N8O3. The van der Waals surface area contributed by atoms with Crippen molar-refractivity contribution < 1.29 is 4.79 Å². The highest BCUT2D eigenvalue weighted by Gasteiger charge is 2.20. The lowest BCUT2D eigenvalue weighted by Crippen LogP contribution is -2.29. The van der Waals surface area contributed by atoms with Gasteiger partial charge in [0.2, 0.25) is 0 Å². The lowest BCUT2D eigenvalue weighted by Gasteiger charge is -2.16. The van der Waals surface area contributed by atoms with E-state index >= 15 is 0 Å². The molecule has 0 spiro atoms. The Morgan fingerprint density at radius 3 is 1.81 bits per heavy atom. The average molecular weight is 730 g/mol. The van der Waals surface area contributed by atoms with Crippen molar-refractivity contribution in [1.29, 1.82) is 0 Å². The highest BCUT2D eigenvalue weighted by molar-refractivity contribution is 6.35. The van der Waals surface area contributed by atoms with E-state index in [1.807, 2.05) is 91.0 Å². The monoisotopic (exact) mass is 728 g/mol. The number of halogens is 2. The Morgan fingerprint density at radius 1 is 0.712 bits per heavy atom. The quantitative estimate of drug-likeness (QED) is 0.181. The van der Waals surface area contributed by atoms with Gasteiger partial charge in [-0.25, -0.2) is 9.50 Å². The summed E-state index contributed by atoms with van der Waals surface area (Å²) in [5.41, 5.74) is 14.7. The maximum Gasteiger partial charge on any atom is 0.264 e. The average Bonchev–Trinajstić information content (AvgIpc) is 3.50. The second-order valence-electron chi connectivity index (χ2n) is 11.7. The molecule has 8 rings (SSSR count). The molecule has 0 unspecified atom stereocenters. The van der Waals surface area contributed by atoms with Crippen molar-refractivity contribution in [2.24, 2.45) is 5.73 Å². The lowest BCUT2D eigenvalue weighted by molar-refractivity contribution is 0.0952. The molecule has 13 heteroatoms. The van der Waals surface area contributed by atoms with Crippen molar-refractivity contribution in [1.82, 2.24) is 29.0 Å². The molecule has 0 radical (unpaired) electrons. The number of nitrogen functional groups attached to an aromatic ring is 1. The Morgan fingerprint density at radius 2 is 1.25 bits per heavy atom. The number of fused-ring (bicyclic) bond motifs is 3. The number of pyridine rings is 2. The van der Waals surface area contributed by atoms with Crippen LogP contribution in [0.4, 0.5) is 5.82 Å². The summed E-state index contributed by atoms with van der Waals surface area (Å²) in [7, 11) is 0. The van der Waals surface area contributed by atoms with E-state index in [4.69, 9.17) is 34.7 Å². The van der Waals surface area contributed by atoms with Gasteiger partial charge in [-0.3, -0.25) is 23.5 Å². The summed E-state index contributed by atoms with van der Waals surface area (Å²) < 4.78 is 4.61. The number of carbonyl (C=O) groups excluding carboxylic acids is 1. The van der Waals surface area contributed by atoms with E-state index in [2.05, 4.69) is 15.4 Å². The molecule has 0 atom stereocenters. The smallest absolute Gasteiger partial charge is 0.264 e. The number of nitrogens with two attached hydrogens (primary N) is 2. The normalized spacial score (nSPS) is 11.1. The van der Waals surface area contributed by atoms with Crippen LogP contribution < -0.4 is 27.9 Å². The number of para-hydroxylation sites is 2. The van der Waals surface area contributed by atoms with E-state index in [0.717, 1.165) is 16.8 Å². The Hall–Kier alpha value is -6.27. The molecule has 8 aromatic rings. The van der Waals surface area contributed by atoms with Gasteiger partial charge in [-0.2, -0.15) is 0 Å². The molecule has 52 heavy (non-hydrogen) atoms. The first-order chi connectivity index (χ1) is 25.3. The first kappa shape index (κ1) is 34.2. The fraction of sp³-hybridized carbons (Fsp3) is 0.0513. The van der Waals surface area contributed by atoms with Crippen LogP contribution in [0.3, 0.4) is 0 Å². The van der Waals surface area contributed by atoms with Crippen LogP contribution >= 0.6 is 23.2 Å². The number of nitrogens with one attached hydrogen (secondary N) is 1. The largest absolute Gasteiger partial charge is 0.381 e. The Balaban J connectivity index is 0.000000180. The van der Waals surface area contributed by atoms with Crippen molar-refractivity contribution in [2.75, 3.05) is 5.73 Å². The maximum absolute atomic E-state index is 13.4. The van der Waals surface area contributed by atoms with E-state index in [-0.39, 0.29) is 35.6 Å². The van der Waals surface area contributed by atoms with E-state index in [1.165, 1.54) is 4.52 Å². The minimum absolute atomic E-state index is 0.0759. The standard InChI is InChI=1S/C23H17ClN6O2.C16H13ClN2O/c24-17-9-4-6-14-12-16(30(23(32)18(14)17)15-7-2-1-3-8-15)13-27-22(31)19-20(25)28-29-11-5-10-26-21(19)29;17-14-8-4-5-11-9-13(10-18)19(16(20)15(11)14)12-6-2-1-3-7-12/h1-12H,13H2,(H2,25,28)(H,27,31);1-9H,10,18H2. The Bertz CT molecular complexity index is 2730. The second kappa shape index (κ2) is 14.5. The third-order valence-corrected chi connectivity index (χ3v) is 9.09. The van der Waals surface area contributed by atoms with Gasteiger partial charge >= 0.3 is 0 Å². The first-order valence-corrected chi connectivity index (χ1v) is 16.9. The molecule has 0 aliphatic carbocycles. The molecule has 0 saturated carbocycles. The summed E-state index contributed by atoms with van der Waals surface area (Å²) in [5.74, 6) is -0.360. The van der Waals surface area contributed by atoms with E-state index < -0.39 is 5.91 Å². The van der Waals surface area contributed by atoms with Gasteiger partial charge in [-0.1, -0.05) is 83.9 Å². The third-order valence-electron chi connectivity index (χ3n) is 8.46. The molecule has 0 aliphatic heterocycles. The zero-order chi connectivity index (χ0) is 36.4. The molecule has 0 fully saturated rings. The van der Waals surface area contributed by atoms with Crippen LogP contribution in [0.2, 0.25) is 10.0 Å². The second-order valence-corrected chi connectivity index (χ2v) is 12.5. The predicted octanol–water partition coefficient (Wildman–Crippen LogP) is 6.30. The minimum Gasteiger partial charge on any atom is -0.381 e. The molecule has 4 heterocycles. The molecule has 5 N–H and O–H groups in total. The maximum atomic E-state index is 13.4. The molecular weight excluding hydrogens is 699 g/mol. The van der Waals surface area contributed by atoms with Crippen LogP contribution in [-0.4, -0.2) is 29.6 Å². The van der Waals surface area contributed by atoms with Gasteiger partial charge in [0.25, 0.3) is 17.0 Å². The van der Waals surface area contributed by atoms with E-state index in [9.17, 15) is 14.4 Å². The summed E-state index contributed by atoms with van der Waals surface area (Å²) in [4.78, 5) is 43.3. The molecule has 4 aromatic heterocycles. The molecule has 4 aromatic carbocycles. The van der Waals surface area contributed by atoms with Crippen molar-refractivity contribution in [3.05, 3.63) is 175 Å². The van der Waals surface area contributed by atoms with Crippen LogP contribution in [-0.2, 0) is 13.1 Å². The third kappa shape index (κ3) is 6.40. The van der Waals surface area contributed by atoms with Gasteiger partial charge in [-0.05, 0) is 65.4 Å². The van der Waals surface area contributed by atoms with Crippen molar-refractivity contribution in [2.45, 2.75) is 13.1 Å². The molecule has 1 amide bonds. The van der Waals surface area contributed by atoms with E-state index in [0.29, 0.717) is 43.2 Å². The fourth-order valence-corrected chi connectivity index (χ4v) is 6.65. The highest BCUT2D eigenvalue weighted by Crippen LogP contribution is 2.24. The zero-order valence-electron chi connectivity index (χ0n) is 27.4. The van der Waals surface area contributed by atoms with Crippen molar-refractivity contribution in [3.63, 3.8) is 0 Å². The van der Waals surface area contributed by atoms with Gasteiger partial charge in [0, 0.05) is 41.7 Å². The van der Waals surface area contributed by atoms with Crippen LogP contribution in [0, 0.1) is 0 Å². The predicted molar refractivity (Wildman–Crippen MR) is 206 cm³/mol. The molecule has 258 valence electrons. The number of aromatic nitrogens is 5. The van der Waals surface area contributed by atoms with Crippen LogP contribution in [0.1, 0.15) is 21.7 Å². The number of amides is 1. The van der Waals surface area contributed by atoms with Crippen LogP contribution in [0.25, 0.3) is 38.6 Å².